The van der Waals surface area contributed by atoms with Crippen molar-refractivity contribution in [1.82, 2.24) is 9.80 Å². The van der Waals surface area contributed by atoms with Gasteiger partial charge in [0.15, 0.2) is 0 Å². The normalized spacial score (nSPS) is 15.4. The zero-order valence-corrected chi connectivity index (χ0v) is 16.0. The number of carbonyl (C=O) groups excluding carboxylic acids is 1. The maximum atomic E-state index is 12.4. The molecule has 2 aromatic rings. The Hall–Kier alpha value is -1.56. The van der Waals surface area contributed by atoms with Crippen molar-refractivity contribution in [3.05, 3.63) is 51.2 Å². The number of halogens is 1. The Morgan fingerprint density at radius 1 is 1.12 bits per heavy atom. The number of nitrogens with zero attached hydrogens (tertiary/aromatic N) is 2. The highest BCUT2D eigenvalue weighted by atomic mass is 35.5. The van der Waals surface area contributed by atoms with Crippen molar-refractivity contribution in [2.24, 2.45) is 0 Å². The second-order valence-corrected chi connectivity index (χ2v) is 8.01. The second kappa shape index (κ2) is 8.70. The minimum atomic E-state index is 0.245. The minimum absolute atomic E-state index is 0.245. The fraction of sp³-hybridized carbons (Fsp3) is 0.421. The summed E-state index contributed by atoms with van der Waals surface area (Å²) >= 11 is 7.62. The van der Waals surface area contributed by atoms with E-state index in [1.165, 1.54) is 10.4 Å². The first kappa shape index (κ1) is 18.2. The Bertz CT molecular complexity index is 694. The van der Waals surface area contributed by atoms with Crippen molar-refractivity contribution in [1.29, 1.82) is 0 Å². The first-order valence-electron chi connectivity index (χ1n) is 8.51. The van der Waals surface area contributed by atoms with E-state index in [1.54, 1.807) is 18.4 Å². The Labute approximate surface area is 158 Å². The van der Waals surface area contributed by atoms with Crippen LogP contribution in [-0.2, 0) is 17.8 Å². The molecule has 0 aliphatic carbocycles. The van der Waals surface area contributed by atoms with Gasteiger partial charge in [0, 0.05) is 44.0 Å². The number of ether oxygens (including phenoxy) is 1. The number of thiophene rings is 1. The molecule has 1 saturated heterocycles. The summed E-state index contributed by atoms with van der Waals surface area (Å²) in [5.74, 6) is 1.09. The molecular weight excluding hydrogens is 356 g/mol. The van der Waals surface area contributed by atoms with Gasteiger partial charge in [-0.1, -0.05) is 23.7 Å². The van der Waals surface area contributed by atoms with Gasteiger partial charge in [-0.15, -0.1) is 11.3 Å². The predicted molar refractivity (Wildman–Crippen MR) is 103 cm³/mol. The summed E-state index contributed by atoms with van der Waals surface area (Å²) in [5, 5.41) is 0. The maximum Gasteiger partial charge on any atom is 0.222 e. The lowest BCUT2D eigenvalue weighted by Crippen LogP contribution is -2.48. The number of carbonyl (C=O) groups is 1. The SMILES string of the molecule is COc1ccc(CCC(=O)N2CCN(Cc3ccc(Cl)s3)CC2)cc1. The second-order valence-electron chi connectivity index (χ2n) is 6.21. The van der Waals surface area contributed by atoms with Gasteiger partial charge in [-0.2, -0.15) is 0 Å². The molecule has 25 heavy (non-hydrogen) atoms. The molecule has 0 unspecified atom stereocenters. The van der Waals surface area contributed by atoms with Crippen molar-refractivity contribution in [3.8, 4) is 5.75 Å². The molecule has 2 heterocycles. The summed E-state index contributed by atoms with van der Waals surface area (Å²) < 4.78 is 5.99. The summed E-state index contributed by atoms with van der Waals surface area (Å²) in [4.78, 5) is 18.1. The highest BCUT2D eigenvalue weighted by molar-refractivity contribution is 7.16. The topological polar surface area (TPSA) is 32.8 Å². The molecule has 3 rings (SSSR count). The molecule has 134 valence electrons. The van der Waals surface area contributed by atoms with Crippen LogP contribution in [0.4, 0.5) is 0 Å². The van der Waals surface area contributed by atoms with E-state index in [2.05, 4.69) is 11.0 Å². The Morgan fingerprint density at radius 3 is 2.44 bits per heavy atom. The third kappa shape index (κ3) is 5.21. The Balaban J connectivity index is 1.41. The van der Waals surface area contributed by atoms with Crippen LogP contribution >= 0.6 is 22.9 Å². The van der Waals surface area contributed by atoms with E-state index in [0.29, 0.717) is 6.42 Å². The van der Waals surface area contributed by atoms with Crippen LogP contribution in [0.5, 0.6) is 5.75 Å². The maximum absolute atomic E-state index is 12.4. The third-order valence-corrected chi connectivity index (χ3v) is 5.74. The molecule has 1 aromatic heterocycles. The molecule has 0 spiro atoms. The largest absolute Gasteiger partial charge is 0.497 e. The zero-order valence-electron chi connectivity index (χ0n) is 14.4. The number of piperazine rings is 1. The van der Waals surface area contributed by atoms with Crippen LogP contribution in [0.15, 0.2) is 36.4 Å². The fourth-order valence-corrected chi connectivity index (χ4v) is 4.14. The number of hydrogen-bond donors (Lipinski definition) is 0. The van der Waals surface area contributed by atoms with E-state index in [1.807, 2.05) is 35.2 Å². The standard InChI is InChI=1S/C19H23ClN2O2S/c1-24-16-5-2-15(3-6-16)4-9-19(23)22-12-10-21(11-13-22)14-17-7-8-18(20)25-17/h2-3,5-8H,4,9-14H2,1H3. The van der Waals surface area contributed by atoms with Crippen molar-refractivity contribution in [2.75, 3.05) is 33.3 Å². The molecule has 6 heteroatoms. The summed E-state index contributed by atoms with van der Waals surface area (Å²) in [7, 11) is 1.66. The fourth-order valence-electron chi connectivity index (χ4n) is 3.01. The van der Waals surface area contributed by atoms with Crippen molar-refractivity contribution >= 4 is 28.8 Å². The molecule has 4 nitrogen and oxygen atoms in total. The van der Waals surface area contributed by atoms with Gasteiger partial charge < -0.3 is 9.64 Å². The first-order chi connectivity index (χ1) is 12.1. The molecule has 1 aromatic carbocycles. The summed E-state index contributed by atoms with van der Waals surface area (Å²) in [6.07, 6.45) is 1.34. The van der Waals surface area contributed by atoms with Crippen LogP contribution in [0.25, 0.3) is 0 Å². The molecule has 0 saturated carbocycles. The highest BCUT2D eigenvalue weighted by Crippen LogP contribution is 2.23. The molecule has 1 aliphatic rings. The Morgan fingerprint density at radius 2 is 1.84 bits per heavy atom. The summed E-state index contributed by atoms with van der Waals surface area (Å²) in [6.45, 7) is 4.37. The van der Waals surface area contributed by atoms with E-state index in [4.69, 9.17) is 16.3 Å². The van der Waals surface area contributed by atoms with E-state index in [0.717, 1.165) is 49.2 Å². The van der Waals surface area contributed by atoms with Crippen LogP contribution in [0.1, 0.15) is 16.9 Å². The quantitative estimate of drug-likeness (QED) is 0.768. The van der Waals surface area contributed by atoms with Gasteiger partial charge in [0.2, 0.25) is 5.91 Å². The molecule has 0 N–H and O–H groups in total. The van der Waals surface area contributed by atoms with Gasteiger partial charge in [-0.05, 0) is 36.2 Å². The van der Waals surface area contributed by atoms with Crippen molar-refractivity contribution in [3.63, 3.8) is 0 Å². The number of methoxy groups -OCH3 is 1. The van der Waals surface area contributed by atoms with Crippen molar-refractivity contribution in [2.45, 2.75) is 19.4 Å². The van der Waals surface area contributed by atoms with Gasteiger partial charge >= 0.3 is 0 Å². The van der Waals surface area contributed by atoms with E-state index < -0.39 is 0 Å². The monoisotopic (exact) mass is 378 g/mol. The molecule has 1 fully saturated rings. The molecule has 0 radical (unpaired) electrons. The minimum Gasteiger partial charge on any atom is -0.497 e. The summed E-state index contributed by atoms with van der Waals surface area (Å²) in [5.41, 5.74) is 1.17. The van der Waals surface area contributed by atoms with E-state index in [-0.39, 0.29) is 5.91 Å². The summed E-state index contributed by atoms with van der Waals surface area (Å²) in [6, 6.07) is 12.0. The number of rotatable bonds is 6. The zero-order chi connectivity index (χ0) is 17.6. The van der Waals surface area contributed by atoms with Crippen molar-refractivity contribution < 1.29 is 9.53 Å². The number of benzene rings is 1. The average molecular weight is 379 g/mol. The predicted octanol–water partition coefficient (Wildman–Crippen LogP) is 3.69. The molecule has 0 bridgehead atoms. The lowest BCUT2D eigenvalue weighted by atomic mass is 10.1. The van der Waals surface area contributed by atoms with E-state index in [9.17, 15) is 4.79 Å². The Kier molecular flexibility index (Phi) is 6.34. The lowest BCUT2D eigenvalue weighted by molar-refractivity contribution is -0.132. The van der Waals surface area contributed by atoms with Crippen LogP contribution in [0.2, 0.25) is 4.34 Å². The van der Waals surface area contributed by atoms with Crippen LogP contribution in [0, 0.1) is 0 Å². The lowest BCUT2D eigenvalue weighted by Gasteiger charge is -2.34. The highest BCUT2D eigenvalue weighted by Gasteiger charge is 2.21. The molecule has 1 amide bonds. The third-order valence-electron chi connectivity index (χ3n) is 4.52. The first-order valence-corrected chi connectivity index (χ1v) is 9.71. The van der Waals surface area contributed by atoms with Gasteiger partial charge in [-0.25, -0.2) is 0 Å². The number of aryl methyl sites for hydroxylation is 1. The molecule has 0 atom stereocenters. The number of hydrogen-bond acceptors (Lipinski definition) is 4. The van der Waals surface area contributed by atoms with Gasteiger partial charge in [0.25, 0.3) is 0 Å². The van der Waals surface area contributed by atoms with Crippen LogP contribution in [-0.4, -0.2) is 49.0 Å². The smallest absolute Gasteiger partial charge is 0.222 e. The molecular formula is C19H23ClN2O2S. The van der Waals surface area contributed by atoms with Gasteiger partial charge in [0.1, 0.15) is 5.75 Å². The van der Waals surface area contributed by atoms with Crippen LogP contribution < -0.4 is 4.74 Å². The number of amides is 1. The van der Waals surface area contributed by atoms with Gasteiger partial charge in [0.05, 0.1) is 11.4 Å². The average Bonchev–Trinajstić information content (AvgIpc) is 3.05. The molecule has 1 aliphatic heterocycles. The van der Waals surface area contributed by atoms with E-state index >= 15 is 0 Å². The van der Waals surface area contributed by atoms with Crippen LogP contribution in [0.3, 0.4) is 0 Å². The van der Waals surface area contributed by atoms with Gasteiger partial charge in [-0.3, -0.25) is 9.69 Å².